The predicted molar refractivity (Wildman–Crippen MR) is 139 cm³/mol. The van der Waals surface area contributed by atoms with Gasteiger partial charge in [-0.25, -0.2) is 16.8 Å². The summed E-state index contributed by atoms with van der Waals surface area (Å²) in [6.07, 6.45) is 7.97. The van der Waals surface area contributed by atoms with E-state index in [4.69, 9.17) is 4.18 Å². The Balaban J connectivity index is 0.00000280. The third kappa shape index (κ3) is 8.06. The maximum atomic E-state index is 11.3. The Morgan fingerprint density at radius 2 is 1.75 bits per heavy atom. The minimum atomic E-state index is -4.91. The van der Waals surface area contributed by atoms with Crippen molar-refractivity contribution in [1.29, 1.82) is 0 Å². The van der Waals surface area contributed by atoms with Gasteiger partial charge in [0.2, 0.25) is 20.8 Å². The van der Waals surface area contributed by atoms with Crippen LogP contribution in [0.25, 0.3) is 0 Å². The van der Waals surface area contributed by atoms with Gasteiger partial charge in [0, 0.05) is 0 Å². The Morgan fingerprint density at radius 1 is 1.07 bits per heavy atom. The van der Waals surface area contributed by atoms with Gasteiger partial charge < -0.3 is 14.2 Å². The quantitative estimate of drug-likeness (QED) is 0.129. The summed E-state index contributed by atoms with van der Waals surface area (Å²) in [5.41, 5.74) is 1.56. The molecule has 4 rings (SSSR count). The molecule has 0 saturated heterocycles. The maximum Gasteiger partial charge on any atom is 1.00 e. The van der Waals surface area contributed by atoms with Gasteiger partial charge in [0.05, 0.1) is 6.61 Å². The molecule has 0 spiro atoms. The number of allylic oxidation sites excluding steroid dienone is 2. The maximum absolute atomic E-state index is 11.3. The van der Waals surface area contributed by atoms with Crippen molar-refractivity contribution < 1.29 is 98.5 Å². The van der Waals surface area contributed by atoms with Crippen LogP contribution < -0.4 is 59.1 Å². The summed E-state index contributed by atoms with van der Waals surface area (Å²) in [6.45, 7) is 10.3. The molecule has 3 unspecified atom stereocenters. The molecule has 4 aliphatic rings. The van der Waals surface area contributed by atoms with Crippen molar-refractivity contribution in [2.45, 2.75) is 97.2 Å². The second kappa shape index (κ2) is 14.1. The van der Waals surface area contributed by atoms with Crippen LogP contribution >= 0.6 is 0 Å². The number of hydrogen-bond donors (Lipinski definition) is 1. The molecule has 9 atom stereocenters. The number of aliphatic hydroxyl groups is 1. The van der Waals surface area contributed by atoms with E-state index >= 15 is 0 Å². The summed E-state index contributed by atoms with van der Waals surface area (Å²) < 4.78 is 77.0. The van der Waals surface area contributed by atoms with E-state index in [2.05, 4.69) is 30.7 Å². The first-order chi connectivity index (χ1) is 17.6. The first-order valence-electron chi connectivity index (χ1n) is 13.8. The Bertz CT molecular complexity index is 1160. The van der Waals surface area contributed by atoms with Crippen LogP contribution in [-0.2, 0) is 29.2 Å². The molecule has 3 fully saturated rings. The van der Waals surface area contributed by atoms with Crippen molar-refractivity contribution in [3.05, 3.63) is 23.8 Å². The molecule has 40 heavy (non-hydrogen) atoms. The molecule has 0 aromatic carbocycles. The smallest absolute Gasteiger partial charge is 0.726 e. The molecule has 1 N–H and O–H groups in total. The molecule has 0 bridgehead atoms. The fourth-order valence-corrected chi connectivity index (χ4v) is 9.86. The van der Waals surface area contributed by atoms with E-state index in [0.29, 0.717) is 30.6 Å². The van der Waals surface area contributed by atoms with Gasteiger partial charge in [-0.15, -0.1) is 6.58 Å². The van der Waals surface area contributed by atoms with E-state index in [9.17, 15) is 31.0 Å². The topological polar surface area (TPSA) is 153 Å². The Hall–Kier alpha value is 1.18. The van der Waals surface area contributed by atoms with Crippen molar-refractivity contribution in [1.82, 2.24) is 0 Å². The second-order valence-corrected chi connectivity index (χ2v) is 14.8. The SMILES string of the molecule is C=C(C)CCC[C@@H](COS(=O)(=O)[O-])[C@H]1CCC2C3CC=C4[C@@H](O)[C@H](OS(=O)(=O)[O-])CC[C@]4(C)C3CC[C@@]21C.[Na+].[Na+]. The first-order valence-corrected chi connectivity index (χ1v) is 16.5. The van der Waals surface area contributed by atoms with Crippen LogP contribution in [0.5, 0.6) is 0 Å². The van der Waals surface area contributed by atoms with Crippen molar-refractivity contribution in [2.75, 3.05) is 6.61 Å². The van der Waals surface area contributed by atoms with Crippen LogP contribution in [-0.4, -0.2) is 49.9 Å². The van der Waals surface area contributed by atoms with E-state index in [1.165, 1.54) is 0 Å². The zero-order chi connectivity index (χ0) is 28.1. The van der Waals surface area contributed by atoms with Gasteiger partial charge in [-0.3, -0.25) is 8.37 Å². The molecule has 0 radical (unpaired) electrons. The molecular formula is C27H42Na2O9S2. The summed E-state index contributed by atoms with van der Waals surface area (Å²) in [6, 6.07) is 0. The number of rotatable bonds is 10. The third-order valence-electron chi connectivity index (χ3n) is 10.6. The second-order valence-electron chi connectivity index (χ2n) is 12.7. The molecule has 0 aromatic rings. The molecule has 218 valence electrons. The van der Waals surface area contributed by atoms with Gasteiger partial charge in [-0.05, 0) is 117 Å². The van der Waals surface area contributed by atoms with E-state index in [1.54, 1.807) is 0 Å². The largest absolute Gasteiger partial charge is 1.00 e. The van der Waals surface area contributed by atoms with Crippen LogP contribution in [0.15, 0.2) is 23.8 Å². The molecule has 13 heteroatoms. The standard InChI is InChI=1S/C27H44O9S2.2Na/c1-17(2)6-5-7-18(16-35-37(29,30)31)20-10-11-21-19-8-9-23-25(28)24(36-38(32,33)34)13-15-27(23,4)22(19)12-14-26(20,21)3;;/h9,18-22,24-25,28H,1,5-8,10-16H2,2-4H3,(H,29,30,31)(H,32,33,34);;/q;2*+1/p-2/t18-,19?,20+,21?,22?,24+,25+,26+,27+;;/m0../s1. The summed E-state index contributed by atoms with van der Waals surface area (Å²) in [5, 5.41) is 11.0. The fraction of sp³-hybridized carbons (Fsp3) is 0.852. The summed E-state index contributed by atoms with van der Waals surface area (Å²) in [7, 11) is -9.67. The van der Waals surface area contributed by atoms with Crippen molar-refractivity contribution >= 4 is 20.8 Å². The minimum Gasteiger partial charge on any atom is -0.726 e. The van der Waals surface area contributed by atoms with Gasteiger partial charge in [-0.2, -0.15) is 0 Å². The monoisotopic (exact) mass is 620 g/mol. The molecule has 9 nitrogen and oxygen atoms in total. The average Bonchev–Trinajstić information content (AvgIpc) is 3.14. The van der Waals surface area contributed by atoms with Gasteiger partial charge in [0.1, 0.15) is 12.2 Å². The van der Waals surface area contributed by atoms with Crippen molar-refractivity contribution in [2.24, 2.45) is 40.4 Å². The summed E-state index contributed by atoms with van der Waals surface area (Å²) in [4.78, 5) is 0. The van der Waals surface area contributed by atoms with Gasteiger partial charge in [-0.1, -0.05) is 25.5 Å². The minimum absolute atomic E-state index is 0. The van der Waals surface area contributed by atoms with Gasteiger partial charge >= 0.3 is 59.1 Å². The van der Waals surface area contributed by atoms with Gasteiger partial charge in [0.15, 0.2) is 0 Å². The molecule has 0 heterocycles. The zero-order valence-corrected chi connectivity index (χ0v) is 30.3. The van der Waals surface area contributed by atoms with Gasteiger partial charge in [0.25, 0.3) is 0 Å². The molecule has 3 saturated carbocycles. The molecule has 0 amide bonds. The molecule has 0 aliphatic heterocycles. The predicted octanol–water partition coefficient (Wildman–Crippen LogP) is -1.77. The summed E-state index contributed by atoms with van der Waals surface area (Å²) >= 11 is 0. The van der Waals surface area contributed by atoms with E-state index in [-0.39, 0.29) is 88.4 Å². The van der Waals surface area contributed by atoms with Crippen molar-refractivity contribution in [3.63, 3.8) is 0 Å². The van der Waals surface area contributed by atoms with Crippen molar-refractivity contribution in [3.8, 4) is 0 Å². The Morgan fingerprint density at radius 3 is 2.35 bits per heavy atom. The zero-order valence-electron chi connectivity index (χ0n) is 24.6. The van der Waals surface area contributed by atoms with Crippen LogP contribution in [0, 0.1) is 40.4 Å². The van der Waals surface area contributed by atoms with Crippen LogP contribution in [0.2, 0.25) is 0 Å². The third-order valence-corrected chi connectivity index (χ3v) is 11.5. The Kier molecular flexibility index (Phi) is 13.2. The van der Waals surface area contributed by atoms with E-state index in [0.717, 1.165) is 62.5 Å². The summed E-state index contributed by atoms with van der Waals surface area (Å²) in [5.74, 6) is 1.34. The molecule has 4 aliphatic carbocycles. The van der Waals surface area contributed by atoms with Crippen LogP contribution in [0.3, 0.4) is 0 Å². The van der Waals surface area contributed by atoms with E-state index in [1.807, 2.05) is 6.92 Å². The number of fused-ring (bicyclic) bond motifs is 5. The van der Waals surface area contributed by atoms with Crippen LogP contribution in [0.4, 0.5) is 0 Å². The fourth-order valence-electron chi connectivity index (χ4n) is 9.01. The van der Waals surface area contributed by atoms with E-state index < -0.39 is 33.0 Å². The molecule has 0 aromatic heterocycles. The normalized spacial score (nSPS) is 38.0. The number of hydrogen-bond acceptors (Lipinski definition) is 9. The Labute approximate surface area is 284 Å². The van der Waals surface area contributed by atoms with Crippen LogP contribution in [0.1, 0.15) is 85.0 Å². The molecular weight excluding hydrogens is 578 g/mol. The first kappa shape index (κ1) is 37.4. The number of aliphatic hydroxyl groups excluding tert-OH is 1. The average molecular weight is 621 g/mol.